The summed E-state index contributed by atoms with van der Waals surface area (Å²) in [6.07, 6.45) is 0. The molecule has 5 nitrogen and oxygen atoms in total. The van der Waals surface area contributed by atoms with Gasteiger partial charge in [0.25, 0.3) is 0 Å². The van der Waals surface area contributed by atoms with Crippen molar-refractivity contribution in [2.75, 3.05) is 7.11 Å². The Morgan fingerprint density at radius 3 is 2.87 bits per heavy atom. The summed E-state index contributed by atoms with van der Waals surface area (Å²) in [5.41, 5.74) is 1.16. The fourth-order valence-corrected chi connectivity index (χ4v) is 1.59. The summed E-state index contributed by atoms with van der Waals surface area (Å²) in [6, 6.07) is 5.22. The van der Waals surface area contributed by atoms with Crippen LogP contribution in [0.1, 0.15) is 0 Å². The molecule has 2 aromatic rings. The maximum Gasteiger partial charge on any atom is 1.00 e. The van der Waals surface area contributed by atoms with E-state index in [1.807, 2.05) is 0 Å². The van der Waals surface area contributed by atoms with E-state index in [2.05, 4.69) is 9.97 Å². The number of methoxy groups -OCH3 is 1. The van der Waals surface area contributed by atoms with E-state index in [-0.39, 0.29) is 34.7 Å². The van der Waals surface area contributed by atoms with Gasteiger partial charge in [0.05, 0.1) is 12.6 Å². The van der Waals surface area contributed by atoms with Gasteiger partial charge in [0.2, 0.25) is 0 Å². The van der Waals surface area contributed by atoms with Crippen molar-refractivity contribution in [2.45, 2.75) is 5.16 Å². The normalized spacial score (nSPS) is 12.1. The third-order valence-electron chi connectivity index (χ3n) is 1.83. The van der Waals surface area contributed by atoms with Gasteiger partial charge in [-0.1, -0.05) is 6.07 Å². The summed E-state index contributed by atoms with van der Waals surface area (Å²) >= 11 is -2.34. The summed E-state index contributed by atoms with van der Waals surface area (Å²) < 4.78 is 26.3. The molecule has 0 saturated heterocycles. The molecule has 1 N–H and O–H groups in total. The predicted molar refractivity (Wildman–Crippen MR) is 49.8 cm³/mol. The molecule has 1 aromatic carbocycles. The first-order valence-electron chi connectivity index (χ1n) is 3.84. The molecule has 15 heavy (non-hydrogen) atoms. The third kappa shape index (κ3) is 2.40. The first-order chi connectivity index (χ1) is 6.72. The van der Waals surface area contributed by atoms with Crippen molar-refractivity contribution in [3.63, 3.8) is 0 Å². The number of nitrogens with one attached hydrogen (secondary N) is 1. The zero-order valence-electron chi connectivity index (χ0n) is 8.31. The van der Waals surface area contributed by atoms with Crippen LogP contribution in [0.3, 0.4) is 0 Å². The molecule has 0 aliphatic heterocycles. The Balaban J connectivity index is 0.00000112. The van der Waals surface area contributed by atoms with Crippen LogP contribution < -0.4 is 34.3 Å². The second kappa shape index (κ2) is 5.09. The average Bonchev–Trinajstić information content (AvgIpc) is 2.60. The first-order valence-corrected chi connectivity index (χ1v) is 4.92. The van der Waals surface area contributed by atoms with Crippen LogP contribution in [0.5, 0.6) is 5.75 Å². The van der Waals surface area contributed by atoms with Crippen molar-refractivity contribution in [2.24, 2.45) is 0 Å². The average molecular weight is 234 g/mol. The van der Waals surface area contributed by atoms with Crippen LogP contribution in [0.15, 0.2) is 23.4 Å². The number of nitrogens with zero attached hydrogens (tertiary/aromatic N) is 1. The minimum Gasteiger partial charge on any atom is -0.766 e. The van der Waals surface area contributed by atoms with Gasteiger partial charge in [-0.15, -0.1) is 0 Å². The molecule has 1 unspecified atom stereocenters. The monoisotopic (exact) mass is 234 g/mol. The molecule has 1 atom stereocenters. The largest absolute Gasteiger partial charge is 1.00 e. The summed E-state index contributed by atoms with van der Waals surface area (Å²) in [6.45, 7) is 0. The molecule has 1 aromatic heterocycles. The molecule has 0 radical (unpaired) electrons. The molecule has 0 spiro atoms. The summed E-state index contributed by atoms with van der Waals surface area (Å²) in [5, 5.41) is -0.0792. The Morgan fingerprint density at radius 2 is 2.27 bits per heavy atom. The maximum absolute atomic E-state index is 10.6. The topological polar surface area (TPSA) is 78.0 Å². The molecule has 7 heteroatoms. The van der Waals surface area contributed by atoms with Crippen LogP contribution >= 0.6 is 0 Å². The van der Waals surface area contributed by atoms with Gasteiger partial charge in [0.15, 0.2) is 5.16 Å². The fraction of sp³-hybridized carbons (Fsp3) is 0.125. The molecule has 1 heterocycles. The Hall–Kier alpha value is -0.400. The smallest absolute Gasteiger partial charge is 0.766 e. The van der Waals surface area contributed by atoms with Crippen LogP contribution in [-0.4, -0.2) is 25.8 Å². The number of para-hydroxylation sites is 1. The minimum atomic E-state index is -2.34. The minimum absolute atomic E-state index is 0. The van der Waals surface area contributed by atoms with Crippen molar-refractivity contribution in [1.29, 1.82) is 0 Å². The summed E-state index contributed by atoms with van der Waals surface area (Å²) in [4.78, 5) is 6.56. The molecular formula is C8H7N2NaO3S. The standard InChI is InChI=1S/C8H8N2O3S.Na/c1-13-6-4-2-3-5-7(6)10-8(9-5)14(11)12;/h2-4H,1H3,(H,9,10)(H,11,12);/q;+1/p-1. The predicted octanol–water partition coefficient (Wildman–Crippen LogP) is -2.19. The quantitative estimate of drug-likeness (QED) is 0.473. The summed E-state index contributed by atoms with van der Waals surface area (Å²) in [7, 11) is 1.51. The number of aromatic amines is 1. The number of rotatable bonds is 2. The van der Waals surface area contributed by atoms with Gasteiger partial charge in [-0.3, -0.25) is 4.21 Å². The number of benzene rings is 1. The molecular weight excluding hydrogens is 227 g/mol. The van der Waals surface area contributed by atoms with Crippen LogP contribution in [0.2, 0.25) is 0 Å². The molecule has 0 amide bonds. The van der Waals surface area contributed by atoms with E-state index in [0.29, 0.717) is 16.8 Å². The van der Waals surface area contributed by atoms with Gasteiger partial charge < -0.3 is 14.3 Å². The van der Waals surface area contributed by atoms with Gasteiger partial charge >= 0.3 is 29.6 Å². The van der Waals surface area contributed by atoms with Gasteiger partial charge in [-0.2, -0.15) is 0 Å². The zero-order valence-corrected chi connectivity index (χ0v) is 11.1. The number of hydrogen-bond donors (Lipinski definition) is 1. The van der Waals surface area contributed by atoms with Crippen molar-refractivity contribution in [3.8, 4) is 5.75 Å². The van der Waals surface area contributed by atoms with Crippen molar-refractivity contribution in [3.05, 3.63) is 18.2 Å². The number of hydrogen-bond acceptors (Lipinski definition) is 4. The van der Waals surface area contributed by atoms with Crippen LogP contribution in [0, 0.1) is 0 Å². The van der Waals surface area contributed by atoms with E-state index >= 15 is 0 Å². The van der Waals surface area contributed by atoms with Crippen molar-refractivity contribution in [1.82, 2.24) is 9.97 Å². The van der Waals surface area contributed by atoms with E-state index in [9.17, 15) is 8.76 Å². The van der Waals surface area contributed by atoms with Gasteiger partial charge in [-0.05, 0) is 12.1 Å². The molecule has 0 fully saturated rings. The Morgan fingerprint density at radius 1 is 1.53 bits per heavy atom. The second-order valence-corrected chi connectivity index (χ2v) is 3.49. The number of imidazole rings is 1. The number of fused-ring (bicyclic) bond motifs is 1. The Labute approximate surface area is 111 Å². The maximum atomic E-state index is 10.6. The van der Waals surface area contributed by atoms with E-state index < -0.39 is 11.1 Å². The molecule has 0 saturated carbocycles. The molecule has 0 aliphatic rings. The van der Waals surface area contributed by atoms with E-state index in [0.717, 1.165) is 0 Å². The van der Waals surface area contributed by atoms with Gasteiger partial charge in [0, 0.05) is 11.1 Å². The molecule has 0 aliphatic carbocycles. The Kier molecular flexibility index (Phi) is 4.30. The van der Waals surface area contributed by atoms with Crippen LogP contribution in [0.4, 0.5) is 0 Å². The Bertz CT molecular complexity index is 500. The van der Waals surface area contributed by atoms with Crippen molar-refractivity contribution < 1.29 is 43.1 Å². The van der Waals surface area contributed by atoms with Crippen LogP contribution in [-0.2, 0) is 11.1 Å². The third-order valence-corrected chi connectivity index (χ3v) is 2.34. The number of ether oxygens (including phenoxy) is 1. The number of aromatic nitrogens is 2. The molecule has 0 bridgehead atoms. The fourth-order valence-electron chi connectivity index (χ4n) is 1.23. The van der Waals surface area contributed by atoms with Crippen LogP contribution in [0.25, 0.3) is 11.0 Å². The van der Waals surface area contributed by atoms with Crippen molar-refractivity contribution >= 4 is 22.1 Å². The summed E-state index contributed by atoms with van der Waals surface area (Å²) in [5.74, 6) is 0.551. The van der Waals surface area contributed by atoms with Gasteiger partial charge in [0.1, 0.15) is 11.3 Å². The van der Waals surface area contributed by atoms with E-state index in [1.54, 1.807) is 18.2 Å². The van der Waals surface area contributed by atoms with E-state index in [4.69, 9.17) is 4.74 Å². The van der Waals surface area contributed by atoms with Gasteiger partial charge in [-0.25, -0.2) is 4.98 Å². The zero-order chi connectivity index (χ0) is 10.1. The second-order valence-electron chi connectivity index (χ2n) is 2.63. The molecule has 74 valence electrons. The SMILES string of the molecule is COc1cccc2[nH]c(S(=O)[O-])nc12.[Na+]. The number of H-pyrrole nitrogens is 1. The first kappa shape index (κ1) is 12.7. The molecule has 2 rings (SSSR count). The van der Waals surface area contributed by atoms with E-state index in [1.165, 1.54) is 7.11 Å².